The van der Waals surface area contributed by atoms with Crippen LogP contribution < -0.4 is 0 Å². The Morgan fingerprint density at radius 1 is 1.00 bits per heavy atom. The number of nitrogens with zero attached hydrogens (tertiary/aromatic N) is 1. The van der Waals surface area contributed by atoms with Gasteiger partial charge in [0.15, 0.2) is 9.84 Å². The van der Waals surface area contributed by atoms with Crippen LogP contribution in [-0.2, 0) is 16.4 Å². The van der Waals surface area contributed by atoms with Crippen molar-refractivity contribution < 1.29 is 17.6 Å². The van der Waals surface area contributed by atoms with Crippen molar-refractivity contribution in [2.45, 2.75) is 19.0 Å². The summed E-state index contributed by atoms with van der Waals surface area (Å²) in [7, 11) is -3.15. The SMILES string of the molecule is O=C(c1ccc(F)cc1)N(Cc1cccc2ccccc12)[C@H]1CCS(=O)(=O)C1. The third-order valence-corrected chi connectivity index (χ3v) is 6.97. The molecule has 0 N–H and O–H groups in total. The molecule has 0 spiro atoms. The maximum absolute atomic E-state index is 13.3. The highest BCUT2D eigenvalue weighted by Gasteiger charge is 2.35. The molecule has 0 saturated carbocycles. The molecule has 4 rings (SSSR count). The molecular formula is C22H20FNO3S. The summed E-state index contributed by atoms with van der Waals surface area (Å²) in [6.07, 6.45) is 0.417. The van der Waals surface area contributed by atoms with Gasteiger partial charge in [-0.1, -0.05) is 42.5 Å². The Labute approximate surface area is 163 Å². The number of hydrogen-bond acceptors (Lipinski definition) is 3. The number of carbonyl (C=O) groups excluding carboxylic acids is 1. The molecule has 3 aromatic carbocycles. The van der Waals surface area contributed by atoms with E-state index in [2.05, 4.69) is 0 Å². The number of halogens is 1. The monoisotopic (exact) mass is 397 g/mol. The van der Waals surface area contributed by atoms with Crippen molar-refractivity contribution >= 4 is 26.5 Å². The van der Waals surface area contributed by atoms with E-state index in [9.17, 15) is 17.6 Å². The van der Waals surface area contributed by atoms with Crippen LogP contribution in [-0.4, -0.2) is 36.8 Å². The van der Waals surface area contributed by atoms with Crippen molar-refractivity contribution in [1.82, 2.24) is 4.90 Å². The van der Waals surface area contributed by atoms with Gasteiger partial charge in [-0.3, -0.25) is 4.79 Å². The van der Waals surface area contributed by atoms with Gasteiger partial charge in [-0.25, -0.2) is 12.8 Å². The first-order valence-corrected chi connectivity index (χ1v) is 11.0. The zero-order chi connectivity index (χ0) is 19.7. The van der Waals surface area contributed by atoms with E-state index in [-0.39, 0.29) is 23.5 Å². The third kappa shape index (κ3) is 3.78. The van der Waals surface area contributed by atoms with Gasteiger partial charge in [0, 0.05) is 18.2 Å². The van der Waals surface area contributed by atoms with Crippen LogP contribution in [0.15, 0.2) is 66.7 Å². The van der Waals surface area contributed by atoms with Crippen LogP contribution in [0.2, 0.25) is 0 Å². The molecule has 0 aliphatic carbocycles. The second-order valence-corrected chi connectivity index (χ2v) is 9.36. The molecule has 0 radical (unpaired) electrons. The van der Waals surface area contributed by atoms with Crippen molar-refractivity contribution in [3.63, 3.8) is 0 Å². The predicted octanol–water partition coefficient (Wildman–Crippen LogP) is 3.81. The van der Waals surface area contributed by atoms with E-state index in [1.165, 1.54) is 24.3 Å². The first-order valence-electron chi connectivity index (χ1n) is 9.16. The first kappa shape index (κ1) is 18.6. The number of benzene rings is 3. The fourth-order valence-electron chi connectivity index (χ4n) is 3.76. The van der Waals surface area contributed by atoms with Crippen LogP contribution in [0.1, 0.15) is 22.3 Å². The van der Waals surface area contributed by atoms with Crippen molar-refractivity contribution in [3.05, 3.63) is 83.7 Å². The van der Waals surface area contributed by atoms with E-state index >= 15 is 0 Å². The largest absolute Gasteiger partial charge is 0.330 e. The third-order valence-electron chi connectivity index (χ3n) is 5.22. The minimum absolute atomic E-state index is 0.0370. The molecule has 0 aromatic heterocycles. The summed E-state index contributed by atoms with van der Waals surface area (Å²) < 4.78 is 37.3. The second-order valence-electron chi connectivity index (χ2n) is 7.14. The Morgan fingerprint density at radius 2 is 1.71 bits per heavy atom. The molecule has 144 valence electrons. The van der Waals surface area contributed by atoms with Gasteiger partial charge in [-0.2, -0.15) is 0 Å². The standard InChI is InChI=1S/C22H20FNO3S/c23-19-10-8-17(9-11-19)22(25)24(20-12-13-28(26,27)15-20)14-18-6-3-5-16-4-1-2-7-21(16)18/h1-11,20H,12-15H2/t20-/m0/s1. The zero-order valence-electron chi connectivity index (χ0n) is 15.2. The summed E-state index contributed by atoms with van der Waals surface area (Å²) in [5.41, 5.74) is 1.31. The quantitative estimate of drug-likeness (QED) is 0.673. The number of sulfone groups is 1. The summed E-state index contributed by atoms with van der Waals surface area (Å²) in [5, 5.41) is 2.09. The van der Waals surface area contributed by atoms with E-state index in [1.54, 1.807) is 4.90 Å². The van der Waals surface area contributed by atoms with Crippen LogP contribution in [0.5, 0.6) is 0 Å². The number of amides is 1. The average molecular weight is 397 g/mol. The Kier molecular flexibility index (Phi) is 4.89. The lowest BCUT2D eigenvalue weighted by Gasteiger charge is -2.29. The van der Waals surface area contributed by atoms with Gasteiger partial charge in [0.25, 0.3) is 5.91 Å². The minimum atomic E-state index is -3.15. The molecule has 1 aliphatic heterocycles. The number of fused-ring (bicyclic) bond motifs is 1. The molecule has 6 heteroatoms. The molecule has 3 aromatic rings. The maximum Gasteiger partial charge on any atom is 0.254 e. The minimum Gasteiger partial charge on any atom is -0.330 e. The highest BCUT2D eigenvalue weighted by atomic mass is 32.2. The highest BCUT2D eigenvalue weighted by molar-refractivity contribution is 7.91. The Bertz CT molecular complexity index is 1120. The van der Waals surface area contributed by atoms with E-state index in [0.717, 1.165) is 16.3 Å². The smallest absolute Gasteiger partial charge is 0.254 e. The fraction of sp³-hybridized carbons (Fsp3) is 0.227. The lowest BCUT2D eigenvalue weighted by atomic mass is 10.0. The molecule has 1 fully saturated rings. The van der Waals surface area contributed by atoms with Gasteiger partial charge < -0.3 is 4.90 Å². The van der Waals surface area contributed by atoms with Crippen LogP contribution in [0.25, 0.3) is 10.8 Å². The number of rotatable bonds is 4. The molecule has 0 unspecified atom stereocenters. The summed E-state index contributed by atoms with van der Waals surface area (Å²) >= 11 is 0. The van der Waals surface area contributed by atoms with Crippen LogP contribution in [0, 0.1) is 5.82 Å². The van der Waals surface area contributed by atoms with Gasteiger partial charge >= 0.3 is 0 Å². The predicted molar refractivity (Wildman–Crippen MR) is 107 cm³/mol. The van der Waals surface area contributed by atoms with Crippen LogP contribution in [0.4, 0.5) is 4.39 Å². The van der Waals surface area contributed by atoms with E-state index in [0.29, 0.717) is 18.5 Å². The molecule has 4 nitrogen and oxygen atoms in total. The van der Waals surface area contributed by atoms with E-state index in [4.69, 9.17) is 0 Å². The molecular weight excluding hydrogens is 377 g/mol. The molecule has 0 bridgehead atoms. The van der Waals surface area contributed by atoms with Crippen molar-refractivity contribution in [1.29, 1.82) is 0 Å². The normalized spacial score (nSPS) is 18.2. The van der Waals surface area contributed by atoms with Crippen molar-refractivity contribution in [3.8, 4) is 0 Å². The van der Waals surface area contributed by atoms with Gasteiger partial charge in [0.2, 0.25) is 0 Å². The highest BCUT2D eigenvalue weighted by Crippen LogP contribution is 2.26. The van der Waals surface area contributed by atoms with Gasteiger partial charge in [-0.15, -0.1) is 0 Å². The number of carbonyl (C=O) groups is 1. The molecule has 1 atom stereocenters. The Balaban J connectivity index is 1.72. The average Bonchev–Trinajstić information content (AvgIpc) is 3.05. The van der Waals surface area contributed by atoms with Gasteiger partial charge in [0.1, 0.15) is 5.82 Å². The first-order chi connectivity index (χ1) is 13.4. The lowest BCUT2D eigenvalue weighted by molar-refractivity contribution is 0.0682. The Hall–Kier alpha value is -2.73. The molecule has 1 aliphatic rings. The van der Waals surface area contributed by atoms with Crippen molar-refractivity contribution in [2.24, 2.45) is 0 Å². The molecule has 28 heavy (non-hydrogen) atoms. The zero-order valence-corrected chi connectivity index (χ0v) is 16.0. The summed E-state index contributed by atoms with van der Waals surface area (Å²) in [6, 6.07) is 18.8. The van der Waals surface area contributed by atoms with E-state index in [1.807, 2.05) is 42.5 Å². The van der Waals surface area contributed by atoms with Crippen molar-refractivity contribution in [2.75, 3.05) is 11.5 Å². The lowest BCUT2D eigenvalue weighted by Crippen LogP contribution is -2.40. The maximum atomic E-state index is 13.3. The molecule has 1 amide bonds. The summed E-state index contributed by atoms with van der Waals surface area (Å²) in [4.78, 5) is 14.8. The molecule has 1 saturated heterocycles. The van der Waals surface area contributed by atoms with Gasteiger partial charge in [-0.05, 0) is 47.0 Å². The van der Waals surface area contributed by atoms with Crippen LogP contribution in [0.3, 0.4) is 0 Å². The fourth-order valence-corrected chi connectivity index (χ4v) is 5.49. The topological polar surface area (TPSA) is 54.5 Å². The number of hydrogen-bond donors (Lipinski definition) is 0. The van der Waals surface area contributed by atoms with Gasteiger partial charge in [0.05, 0.1) is 11.5 Å². The Morgan fingerprint density at radius 3 is 2.43 bits per heavy atom. The van der Waals surface area contributed by atoms with E-state index < -0.39 is 15.7 Å². The second kappa shape index (κ2) is 7.36. The molecule has 1 heterocycles. The summed E-state index contributed by atoms with van der Waals surface area (Å²) in [6.45, 7) is 0.303. The summed E-state index contributed by atoms with van der Waals surface area (Å²) in [5.74, 6) is -0.652. The van der Waals surface area contributed by atoms with Crippen LogP contribution >= 0.6 is 0 Å².